The van der Waals surface area contributed by atoms with Crippen LogP contribution < -0.4 is 10.2 Å². The molecule has 0 aliphatic carbocycles. The summed E-state index contributed by atoms with van der Waals surface area (Å²) >= 11 is 1.83. The number of methoxy groups -OCH3 is 1. The smallest absolute Gasteiger partial charge is 0.227 e. The van der Waals surface area contributed by atoms with E-state index in [0.29, 0.717) is 18.3 Å². The SMILES string of the molecule is CCC(CC)C(CCn1c(C2CCC(=O)N2)nnc1N1CCCC(c2nc(C)c(C)s2)C1)OC. The third-order valence-electron chi connectivity index (χ3n) is 7.68. The topological polar surface area (TPSA) is 85.2 Å². The number of piperidine rings is 1. The van der Waals surface area contributed by atoms with Crippen molar-refractivity contribution >= 4 is 23.2 Å². The Morgan fingerprint density at radius 1 is 1.21 bits per heavy atom. The lowest BCUT2D eigenvalue weighted by molar-refractivity contribution is -0.119. The van der Waals surface area contributed by atoms with E-state index in [1.54, 1.807) is 0 Å². The molecule has 0 bridgehead atoms. The molecule has 3 atom stereocenters. The van der Waals surface area contributed by atoms with E-state index in [9.17, 15) is 4.79 Å². The van der Waals surface area contributed by atoms with Gasteiger partial charge in [-0.3, -0.25) is 9.36 Å². The molecule has 3 unspecified atom stereocenters. The van der Waals surface area contributed by atoms with Crippen LogP contribution in [0.5, 0.6) is 0 Å². The number of aryl methyl sites for hydroxylation is 2. The highest BCUT2D eigenvalue weighted by molar-refractivity contribution is 7.11. The fourth-order valence-corrected chi connectivity index (χ4v) is 6.52. The number of nitrogens with zero attached hydrogens (tertiary/aromatic N) is 5. The van der Waals surface area contributed by atoms with Crippen LogP contribution in [0.25, 0.3) is 0 Å². The molecule has 2 aliphatic rings. The molecule has 2 saturated heterocycles. The van der Waals surface area contributed by atoms with Crippen molar-refractivity contribution in [2.75, 3.05) is 25.1 Å². The predicted octanol–water partition coefficient (Wildman–Crippen LogP) is 4.53. The van der Waals surface area contributed by atoms with E-state index in [1.165, 1.54) is 9.88 Å². The first-order chi connectivity index (χ1) is 16.4. The summed E-state index contributed by atoms with van der Waals surface area (Å²) < 4.78 is 8.16. The number of carbonyl (C=O) groups is 1. The quantitative estimate of drug-likeness (QED) is 0.529. The van der Waals surface area contributed by atoms with Gasteiger partial charge in [0.25, 0.3) is 0 Å². The van der Waals surface area contributed by atoms with E-state index < -0.39 is 0 Å². The average molecular weight is 489 g/mol. The molecular weight excluding hydrogens is 448 g/mol. The second-order valence-corrected chi connectivity index (χ2v) is 11.0. The van der Waals surface area contributed by atoms with E-state index in [1.807, 2.05) is 18.4 Å². The second kappa shape index (κ2) is 11.2. The Morgan fingerprint density at radius 3 is 2.62 bits per heavy atom. The van der Waals surface area contributed by atoms with Gasteiger partial charge in [0.2, 0.25) is 11.9 Å². The second-order valence-electron chi connectivity index (χ2n) is 9.79. The first-order valence-corrected chi connectivity index (χ1v) is 13.7. The van der Waals surface area contributed by atoms with E-state index in [2.05, 4.69) is 52.7 Å². The van der Waals surface area contributed by atoms with Gasteiger partial charge in [-0.2, -0.15) is 0 Å². The number of anilines is 1. The van der Waals surface area contributed by atoms with E-state index >= 15 is 0 Å². The number of rotatable bonds is 10. The molecule has 0 saturated carbocycles. The molecule has 0 spiro atoms. The summed E-state index contributed by atoms with van der Waals surface area (Å²) in [4.78, 5) is 20.5. The zero-order chi connectivity index (χ0) is 24.2. The van der Waals surface area contributed by atoms with Gasteiger partial charge in [0.05, 0.1) is 22.8 Å². The summed E-state index contributed by atoms with van der Waals surface area (Å²) in [6.07, 6.45) is 6.91. The maximum absolute atomic E-state index is 12.0. The summed E-state index contributed by atoms with van der Waals surface area (Å²) in [6.45, 7) is 11.4. The van der Waals surface area contributed by atoms with Crippen LogP contribution in [0.15, 0.2) is 0 Å². The standard InChI is InChI=1S/C25H40N6O2S/c1-6-18(7-2)21(33-5)12-14-31-23(20-10-11-22(32)27-20)28-29-25(31)30-13-8-9-19(15-30)24-26-16(3)17(4)34-24/h18-21H,6-15H2,1-5H3,(H,27,32). The number of amides is 1. The van der Waals surface area contributed by atoms with Crippen molar-refractivity contribution in [1.82, 2.24) is 25.1 Å². The first kappa shape index (κ1) is 25.1. The largest absolute Gasteiger partial charge is 0.381 e. The van der Waals surface area contributed by atoms with Gasteiger partial charge >= 0.3 is 0 Å². The maximum atomic E-state index is 12.0. The number of thiazole rings is 1. The van der Waals surface area contributed by atoms with Gasteiger partial charge in [0.1, 0.15) is 0 Å². The van der Waals surface area contributed by atoms with Crippen molar-refractivity contribution in [2.24, 2.45) is 5.92 Å². The Bertz CT molecular complexity index is 949. The average Bonchev–Trinajstić information content (AvgIpc) is 3.55. The van der Waals surface area contributed by atoms with Crippen LogP contribution in [-0.2, 0) is 16.1 Å². The fraction of sp³-hybridized carbons (Fsp3) is 0.760. The molecule has 1 amide bonds. The fourth-order valence-electron chi connectivity index (χ4n) is 5.47. The number of ether oxygens (including phenoxy) is 1. The lowest BCUT2D eigenvalue weighted by atomic mass is 9.94. The molecule has 2 aromatic rings. The molecule has 8 nitrogen and oxygen atoms in total. The minimum atomic E-state index is -0.0623. The Hall–Kier alpha value is -2.00. The van der Waals surface area contributed by atoms with Crippen LogP contribution in [0.2, 0.25) is 0 Å². The lowest BCUT2D eigenvalue weighted by Gasteiger charge is -2.33. The molecule has 2 fully saturated rings. The maximum Gasteiger partial charge on any atom is 0.227 e. The van der Waals surface area contributed by atoms with Gasteiger partial charge in [-0.25, -0.2) is 4.98 Å². The molecule has 0 aromatic carbocycles. The number of carbonyl (C=O) groups excluding carboxylic acids is 1. The highest BCUT2D eigenvalue weighted by Gasteiger charge is 2.32. The van der Waals surface area contributed by atoms with Gasteiger partial charge in [0.15, 0.2) is 5.82 Å². The molecule has 0 radical (unpaired) electrons. The van der Waals surface area contributed by atoms with E-state index in [4.69, 9.17) is 9.72 Å². The van der Waals surface area contributed by atoms with Gasteiger partial charge < -0.3 is 15.0 Å². The molecule has 4 rings (SSSR count). The Kier molecular flexibility index (Phi) is 8.24. The van der Waals surface area contributed by atoms with Gasteiger partial charge in [-0.15, -0.1) is 21.5 Å². The third kappa shape index (κ3) is 5.30. The van der Waals surface area contributed by atoms with Crippen molar-refractivity contribution in [1.29, 1.82) is 0 Å². The Balaban J connectivity index is 1.58. The summed E-state index contributed by atoms with van der Waals surface area (Å²) in [7, 11) is 1.82. The first-order valence-electron chi connectivity index (χ1n) is 12.9. The summed E-state index contributed by atoms with van der Waals surface area (Å²) in [5.74, 6) is 2.85. The molecule has 188 valence electrons. The normalized spacial score (nSPS) is 21.9. The van der Waals surface area contributed by atoms with Gasteiger partial charge in [-0.05, 0) is 45.4 Å². The van der Waals surface area contributed by atoms with Crippen molar-refractivity contribution in [2.45, 2.75) is 97.2 Å². The van der Waals surface area contributed by atoms with Crippen LogP contribution in [0.3, 0.4) is 0 Å². The van der Waals surface area contributed by atoms with Crippen LogP contribution in [-0.4, -0.2) is 52.0 Å². The van der Waals surface area contributed by atoms with Crippen LogP contribution >= 0.6 is 11.3 Å². The zero-order valence-electron chi connectivity index (χ0n) is 21.3. The highest BCUT2D eigenvalue weighted by atomic mass is 32.1. The molecule has 9 heteroatoms. The van der Waals surface area contributed by atoms with Crippen LogP contribution in [0.1, 0.15) is 92.2 Å². The monoisotopic (exact) mass is 488 g/mol. The number of hydrogen-bond donors (Lipinski definition) is 1. The summed E-state index contributed by atoms with van der Waals surface area (Å²) in [5, 5.41) is 13.6. The van der Waals surface area contributed by atoms with Crippen molar-refractivity contribution in [3.8, 4) is 0 Å². The molecule has 2 aromatic heterocycles. The lowest BCUT2D eigenvalue weighted by Crippen LogP contribution is -2.37. The van der Waals surface area contributed by atoms with Crippen LogP contribution in [0, 0.1) is 19.8 Å². The third-order valence-corrected chi connectivity index (χ3v) is 8.92. The number of aromatic nitrogens is 4. The minimum absolute atomic E-state index is 0.0623. The molecule has 1 N–H and O–H groups in total. The van der Waals surface area contributed by atoms with E-state index in [0.717, 1.165) is 75.6 Å². The molecular formula is C25H40N6O2S. The minimum Gasteiger partial charge on any atom is -0.381 e. The molecule has 2 aliphatic heterocycles. The highest BCUT2D eigenvalue weighted by Crippen LogP contribution is 2.34. The van der Waals surface area contributed by atoms with Crippen molar-refractivity contribution in [3.63, 3.8) is 0 Å². The summed E-state index contributed by atoms with van der Waals surface area (Å²) in [5.41, 5.74) is 1.14. The zero-order valence-corrected chi connectivity index (χ0v) is 22.2. The summed E-state index contributed by atoms with van der Waals surface area (Å²) in [6, 6.07) is -0.0623. The van der Waals surface area contributed by atoms with Gasteiger partial charge in [0, 0.05) is 44.0 Å². The Labute approximate surface area is 207 Å². The molecule has 34 heavy (non-hydrogen) atoms. The van der Waals surface area contributed by atoms with E-state index in [-0.39, 0.29) is 18.1 Å². The molecule has 4 heterocycles. The van der Waals surface area contributed by atoms with Crippen molar-refractivity contribution < 1.29 is 9.53 Å². The van der Waals surface area contributed by atoms with Crippen LogP contribution in [0.4, 0.5) is 5.95 Å². The number of hydrogen-bond acceptors (Lipinski definition) is 7. The van der Waals surface area contributed by atoms with Gasteiger partial charge in [-0.1, -0.05) is 26.7 Å². The number of nitrogens with one attached hydrogen (secondary N) is 1. The Morgan fingerprint density at radius 2 is 2.00 bits per heavy atom. The predicted molar refractivity (Wildman–Crippen MR) is 135 cm³/mol. The van der Waals surface area contributed by atoms with Crippen molar-refractivity contribution in [3.05, 3.63) is 21.4 Å².